The highest BCUT2D eigenvalue weighted by molar-refractivity contribution is 5.83. The van der Waals surface area contributed by atoms with E-state index >= 15 is 0 Å². The van der Waals surface area contributed by atoms with Gasteiger partial charge in [0.2, 0.25) is 12.7 Å². The second-order valence-electron chi connectivity index (χ2n) is 10.5. The van der Waals surface area contributed by atoms with Crippen molar-refractivity contribution in [3.05, 3.63) is 53.6 Å². The predicted octanol–water partition coefficient (Wildman–Crippen LogP) is 5.56. The monoisotopic (exact) mass is 552 g/mol. The number of carbonyl (C=O) groups is 2. The first-order valence-corrected chi connectivity index (χ1v) is 14.7. The van der Waals surface area contributed by atoms with Gasteiger partial charge in [-0.1, -0.05) is 45.4 Å². The molecule has 8 heteroatoms. The van der Waals surface area contributed by atoms with Crippen LogP contribution in [-0.4, -0.2) is 67.9 Å². The number of carbonyl (C=O) groups excluding carboxylic acids is 2. The van der Waals surface area contributed by atoms with Crippen molar-refractivity contribution < 1.29 is 28.5 Å². The standard InChI is InChI=1S/C32H44N2O6/c1-6-10-26(31(35)33(17-7-2)18-8-3)34-20-25(23-13-16-27-28(19-23)40-21-39-27)29(32(36)38-9-4)30(34)22-11-14-24(37-5)15-12-22/h11-16,19,25-26,29-30H,6-10,17-18,20-21H2,1-5H3/t25?,26-,29+,30-/m1/s1. The number of rotatable bonds is 13. The lowest BCUT2D eigenvalue weighted by Gasteiger charge is -2.37. The molecule has 0 radical (unpaired) electrons. The van der Waals surface area contributed by atoms with Crippen LogP contribution in [0.2, 0.25) is 0 Å². The van der Waals surface area contributed by atoms with Gasteiger partial charge in [-0.25, -0.2) is 0 Å². The maximum absolute atomic E-state index is 14.2. The minimum absolute atomic E-state index is 0.137. The molecule has 0 N–H and O–H groups in total. The van der Waals surface area contributed by atoms with Gasteiger partial charge in [0.05, 0.1) is 25.7 Å². The van der Waals surface area contributed by atoms with Gasteiger partial charge in [-0.2, -0.15) is 0 Å². The number of benzene rings is 2. The van der Waals surface area contributed by atoms with Gasteiger partial charge in [-0.3, -0.25) is 14.5 Å². The molecule has 4 atom stereocenters. The lowest BCUT2D eigenvalue weighted by atomic mass is 9.82. The third-order valence-corrected chi connectivity index (χ3v) is 7.93. The lowest BCUT2D eigenvalue weighted by Crippen LogP contribution is -2.49. The van der Waals surface area contributed by atoms with E-state index in [1.165, 1.54) is 0 Å². The molecule has 1 fully saturated rings. The van der Waals surface area contributed by atoms with Crippen molar-refractivity contribution in [2.24, 2.45) is 5.92 Å². The molecule has 1 unspecified atom stereocenters. The van der Waals surface area contributed by atoms with E-state index in [-0.39, 0.29) is 43.3 Å². The zero-order chi connectivity index (χ0) is 28.6. The van der Waals surface area contributed by atoms with E-state index in [0.717, 1.165) is 49.2 Å². The van der Waals surface area contributed by atoms with Crippen LogP contribution in [-0.2, 0) is 14.3 Å². The Morgan fingerprint density at radius 1 is 0.950 bits per heavy atom. The van der Waals surface area contributed by atoms with Crippen LogP contribution in [0.5, 0.6) is 17.2 Å². The molecule has 40 heavy (non-hydrogen) atoms. The molecule has 0 spiro atoms. The number of amides is 1. The van der Waals surface area contributed by atoms with Crippen molar-refractivity contribution in [1.29, 1.82) is 0 Å². The average Bonchev–Trinajstić information content (AvgIpc) is 3.60. The van der Waals surface area contributed by atoms with Crippen LogP contribution in [0.4, 0.5) is 0 Å². The van der Waals surface area contributed by atoms with Gasteiger partial charge in [0.1, 0.15) is 5.75 Å². The normalized spacial score (nSPS) is 20.8. The summed E-state index contributed by atoms with van der Waals surface area (Å²) < 4.78 is 22.4. The van der Waals surface area contributed by atoms with Gasteiger partial charge in [-0.05, 0) is 61.6 Å². The molecule has 0 saturated carbocycles. The average molecular weight is 553 g/mol. The molecule has 8 nitrogen and oxygen atoms in total. The third-order valence-electron chi connectivity index (χ3n) is 7.93. The zero-order valence-corrected chi connectivity index (χ0v) is 24.6. The van der Waals surface area contributed by atoms with Crippen molar-refractivity contribution in [3.63, 3.8) is 0 Å². The maximum atomic E-state index is 14.2. The van der Waals surface area contributed by atoms with Gasteiger partial charge >= 0.3 is 5.97 Å². The molecule has 4 rings (SSSR count). The maximum Gasteiger partial charge on any atom is 0.311 e. The zero-order valence-electron chi connectivity index (χ0n) is 24.6. The van der Waals surface area contributed by atoms with E-state index in [4.69, 9.17) is 18.9 Å². The number of hydrogen-bond acceptors (Lipinski definition) is 7. The van der Waals surface area contributed by atoms with Gasteiger partial charge < -0.3 is 23.8 Å². The SMILES string of the molecule is CCC[C@H](C(=O)N(CCC)CCC)N1CC(c2ccc3c(c2)OCO3)[C@H](C(=O)OCC)[C@H]1c1ccc(OC)cc1. The molecule has 1 saturated heterocycles. The van der Waals surface area contributed by atoms with E-state index in [0.29, 0.717) is 24.5 Å². The highest BCUT2D eigenvalue weighted by atomic mass is 16.7. The molecule has 2 aromatic rings. The van der Waals surface area contributed by atoms with E-state index in [9.17, 15) is 9.59 Å². The minimum Gasteiger partial charge on any atom is -0.497 e. The molecular formula is C32H44N2O6. The Balaban J connectivity index is 1.83. The molecule has 2 aliphatic rings. The minimum atomic E-state index is -0.508. The molecule has 2 heterocycles. The molecule has 2 aromatic carbocycles. The molecule has 2 aliphatic heterocycles. The highest BCUT2D eigenvalue weighted by Crippen LogP contribution is 2.49. The lowest BCUT2D eigenvalue weighted by molar-refractivity contribution is -0.150. The Kier molecular flexibility index (Phi) is 10.3. The second kappa shape index (κ2) is 13.9. The van der Waals surface area contributed by atoms with Crippen LogP contribution in [0.1, 0.15) is 76.5 Å². The fourth-order valence-electron chi connectivity index (χ4n) is 6.18. The van der Waals surface area contributed by atoms with Crippen molar-refractivity contribution in [2.45, 2.75) is 71.4 Å². The Morgan fingerprint density at radius 2 is 1.62 bits per heavy atom. The Hall–Kier alpha value is -3.26. The van der Waals surface area contributed by atoms with Crippen molar-refractivity contribution >= 4 is 11.9 Å². The van der Waals surface area contributed by atoms with Crippen molar-refractivity contribution in [3.8, 4) is 17.2 Å². The third kappa shape index (κ3) is 6.22. The van der Waals surface area contributed by atoms with Gasteiger partial charge in [0.25, 0.3) is 0 Å². The van der Waals surface area contributed by atoms with Gasteiger partial charge in [0.15, 0.2) is 11.5 Å². The first kappa shape index (κ1) is 29.7. The highest BCUT2D eigenvalue weighted by Gasteiger charge is 2.51. The van der Waals surface area contributed by atoms with E-state index < -0.39 is 5.92 Å². The van der Waals surface area contributed by atoms with Crippen LogP contribution in [0, 0.1) is 5.92 Å². The van der Waals surface area contributed by atoms with Crippen LogP contribution in [0.3, 0.4) is 0 Å². The summed E-state index contributed by atoms with van der Waals surface area (Å²) in [5.41, 5.74) is 1.94. The summed E-state index contributed by atoms with van der Waals surface area (Å²) in [5, 5.41) is 0. The van der Waals surface area contributed by atoms with E-state index in [1.54, 1.807) is 7.11 Å². The summed E-state index contributed by atoms with van der Waals surface area (Å²) >= 11 is 0. The number of esters is 1. The second-order valence-corrected chi connectivity index (χ2v) is 10.5. The predicted molar refractivity (Wildman–Crippen MR) is 154 cm³/mol. The molecular weight excluding hydrogens is 508 g/mol. The summed E-state index contributed by atoms with van der Waals surface area (Å²) in [6.07, 6.45) is 3.36. The Labute approximate surface area is 238 Å². The largest absolute Gasteiger partial charge is 0.497 e. The first-order chi connectivity index (χ1) is 19.5. The molecule has 0 aliphatic carbocycles. The van der Waals surface area contributed by atoms with Crippen LogP contribution >= 0.6 is 0 Å². The number of hydrogen-bond donors (Lipinski definition) is 0. The Bertz CT molecular complexity index is 1130. The number of fused-ring (bicyclic) bond motifs is 1. The topological polar surface area (TPSA) is 77.5 Å². The van der Waals surface area contributed by atoms with Crippen molar-refractivity contribution in [2.75, 3.05) is 40.1 Å². The summed E-state index contributed by atoms with van der Waals surface area (Å²) in [5.74, 6) is 1.30. The van der Waals surface area contributed by atoms with E-state index in [1.807, 2.05) is 54.3 Å². The van der Waals surface area contributed by atoms with Crippen LogP contribution in [0.25, 0.3) is 0 Å². The van der Waals surface area contributed by atoms with Crippen LogP contribution < -0.4 is 14.2 Å². The molecule has 0 aromatic heterocycles. The number of methoxy groups -OCH3 is 1. The molecule has 218 valence electrons. The molecule has 1 amide bonds. The smallest absolute Gasteiger partial charge is 0.311 e. The first-order valence-electron chi connectivity index (χ1n) is 14.7. The fourth-order valence-corrected chi connectivity index (χ4v) is 6.18. The van der Waals surface area contributed by atoms with E-state index in [2.05, 4.69) is 25.7 Å². The quantitative estimate of drug-likeness (QED) is 0.301. The number of ether oxygens (including phenoxy) is 4. The van der Waals surface area contributed by atoms with Crippen LogP contribution in [0.15, 0.2) is 42.5 Å². The summed E-state index contributed by atoms with van der Waals surface area (Å²) in [7, 11) is 1.64. The summed E-state index contributed by atoms with van der Waals surface area (Å²) in [6.45, 7) is 10.6. The Morgan fingerprint density at radius 3 is 2.25 bits per heavy atom. The number of likely N-dealkylation sites (tertiary alicyclic amines) is 1. The van der Waals surface area contributed by atoms with Gasteiger partial charge in [-0.15, -0.1) is 0 Å². The molecule has 0 bridgehead atoms. The summed E-state index contributed by atoms with van der Waals surface area (Å²) in [4.78, 5) is 32.2. The van der Waals surface area contributed by atoms with Crippen molar-refractivity contribution in [1.82, 2.24) is 9.80 Å². The summed E-state index contributed by atoms with van der Waals surface area (Å²) in [6, 6.07) is 13.0. The van der Waals surface area contributed by atoms with Gasteiger partial charge in [0, 0.05) is 31.6 Å². The number of nitrogens with zero attached hydrogens (tertiary/aromatic N) is 2. The fraction of sp³-hybridized carbons (Fsp3) is 0.562.